The molecule has 1 heterocycles. The zero-order chi connectivity index (χ0) is 11.5. The van der Waals surface area contributed by atoms with Gasteiger partial charge in [-0.15, -0.1) is 0 Å². The van der Waals surface area contributed by atoms with Gasteiger partial charge in [-0.05, 0) is 36.8 Å². The fraction of sp³-hybridized carbons (Fsp3) is 0.154. The van der Waals surface area contributed by atoms with E-state index in [9.17, 15) is 4.79 Å². The van der Waals surface area contributed by atoms with Crippen LogP contribution in [-0.4, -0.2) is 15.6 Å². The van der Waals surface area contributed by atoms with E-state index in [0.29, 0.717) is 0 Å². The molecule has 0 amide bonds. The van der Waals surface area contributed by atoms with E-state index >= 15 is 0 Å². The van der Waals surface area contributed by atoms with Crippen LogP contribution in [0, 0.1) is 0 Å². The van der Waals surface area contributed by atoms with Crippen molar-refractivity contribution >= 4 is 5.97 Å². The Morgan fingerprint density at radius 1 is 1.19 bits per heavy atom. The van der Waals surface area contributed by atoms with Crippen LogP contribution in [0.3, 0.4) is 0 Å². The quantitative estimate of drug-likeness (QED) is 0.855. The van der Waals surface area contributed by atoms with Crippen molar-refractivity contribution in [2.24, 2.45) is 0 Å². The lowest BCUT2D eigenvalue weighted by atomic mass is 10.0. The highest BCUT2D eigenvalue weighted by Crippen LogP contribution is 2.17. The molecule has 2 aromatic rings. The molecule has 16 heavy (non-hydrogen) atoms. The van der Waals surface area contributed by atoms with Gasteiger partial charge in [-0.2, -0.15) is 0 Å². The Balaban J connectivity index is 2.26. The van der Waals surface area contributed by atoms with E-state index in [2.05, 4.69) is 0 Å². The molecule has 3 heteroatoms. The van der Waals surface area contributed by atoms with Crippen LogP contribution in [0.25, 0.3) is 5.69 Å². The van der Waals surface area contributed by atoms with E-state index < -0.39 is 11.9 Å². The number of hydrogen-bond donors (Lipinski definition) is 1. The zero-order valence-electron chi connectivity index (χ0n) is 9.00. The van der Waals surface area contributed by atoms with Crippen LogP contribution in [0.15, 0.2) is 48.8 Å². The van der Waals surface area contributed by atoms with Crippen molar-refractivity contribution in [2.45, 2.75) is 12.8 Å². The molecule has 0 spiro atoms. The van der Waals surface area contributed by atoms with E-state index in [1.807, 2.05) is 53.4 Å². The highest BCUT2D eigenvalue weighted by molar-refractivity contribution is 5.75. The lowest BCUT2D eigenvalue weighted by Gasteiger charge is -2.08. The molecule has 0 aliphatic heterocycles. The number of aromatic nitrogens is 1. The number of carboxylic acids is 1. The summed E-state index contributed by atoms with van der Waals surface area (Å²) < 4.78 is 1.98. The lowest BCUT2D eigenvalue weighted by molar-refractivity contribution is -0.138. The summed E-state index contributed by atoms with van der Waals surface area (Å²) in [5.74, 6) is -1.26. The van der Waals surface area contributed by atoms with Crippen LogP contribution < -0.4 is 0 Å². The summed E-state index contributed by atoms with van der Waals surface area (Å²) in [4.78, 5) is 10.8. The van der Waals surface area contributed by atoms with Gasteiger partial charge in [-0.1, -0.05) is 12.1 Å². The summed E-state index contributed by atoms with van der Waals surface area (Å²) in [7, 11) is 0. The third kappa shape index (κ3) is 1.98. The molecular formula is C13H13NO2. The normalized spacial score (nSPS) is 12.3. The second-order valence-electron chi connectivity index (χ2n) is 3.74. The number of rotatable bonds is 3. The second-order valence-corrected chi connectivity index (χ2v) is 3.74. The Morgan fingerprint density at radius 2 is 1.75 bits per heavy atom. The summed E-state index contributed by atoms with van der Waals surface area (Å²) in [5, 5.41) is 8.88. The Kier molecular flexibility index (Phi) is 2.77. The van der Waals surface area contributed by atoms with Gasteiger partial charge in [0.2, 0.25) is 0 Å². The monoisotopic (exact) mass is 215 g/mol. The lowest BCUT2D eigenvalue weighted by Crippen LogP contribution is -2.07. The maximum absolute atomic E-state index is 10.8. The first-order valence-electron chi connectivity index (χ1n) is 5.14. The van der Waals surface area contributed by atoms with Crippen molar-refractivity contribution in [3.8, 4) is 5.69 Å². The minimum absolute atomic E-state index is 0.460. The second kappa shape index (κ2) is 4.23. The number of aliphatic carboxylic acids is 1. The SMILES string of the molecule is CC(C(=O)O)c1ccc(-n2cccc2)cc1. The van der Waals surface area contributed by atoms with E-state index in [1.54, 1.807) is 6.92 Å². The molecule has 0 saturated carbocycles. The topological polar surface area (TPSA) is 42.2 Å². The highest BCUT2D eigenvalue weighted by atomic mass is 16.4. The first kappa shape index (κ1) is 10.5. The largest absolute Gasteiger partial charge is 0.481 e. The van der Waals surface area contributed by atoms with Crippen molar-refractivity contribution in [3.63, 3.8) is 0 Å². The molecule has 0 aliphatic carbocycles. The van der Waals surface area contributed by atoms with E-state index in [1.165, 1.54) is 0 Å². The molecule has 0 radical (unpaired) electrons. The van der Waals surface area contributed by atoms with Gasteiger partial charge in [0.15, 0.2) is 0 Å². The van der Waals surface area contributed by atoms with Gasteiger partial charge in [-0.25, -0.2) is 0 Å². The predicted octanol–water partition coefficient (Wildman–Crippen LogP) is 2.67. The molecule has 1 aromatic carbocycles. The fourth-order valence-electron chi connectivity index (χ4n) is 1.58. The van der Waals surface area contributed by atoms with Gasteiger partial charge in [0.25, 0.3) is 0 Å². The van der Waals surface area contributed by atoms with Crippen molar-refractivity contribution < 1.29 is 9.90 Å². The van der Waals surface area contributed by atoms with Gasteiger partial charge in [0.1, 0.15) is 0 Å². The molecule has 0 aliphatic rings. The van der Waals surface area contributed by atoms with Gasteiger partial charge >= 0.3 is 5.97 Å². The maximum Gasteiger partial charge on any atom is 0.310 e. The van der Waals surface area contributed by atoms with Crippen LogP contribution in [0.4, 0.5) is 0 Å². The first-order chi connectivity index (χ1) is 7.68. The molecule has 1 unspecified atom stereocenters. The number of benzene rings is 1. The number of carboxylic acid groups (broad SMARTS) is 1. The molecule has 0 fully saturated rings. The Bertz CT molecular complexity index is 471. The Hall–Kier alpha value is -2.03. The zero-order valence-corrected chi connectivity index (χ0v) is 9.00. The molecule has 1 atom stereocenters. The predicted molar refractivity (Wildman–Crippen MR) is 61.8 cm³/mol. The average molecular weight is 215 g/mol. The Morgan fingerprint density at radius 3 is 2.25 bits per heavy atom. The molecule has 0 bridgehead atoms. The Labute approximate surface area is 94.0 Å². The number of hydrogen-bond acceptors (Lipinski definition) is 1. The first-order valence-corrected chi connectivity index (χ1v) is 5.14. The molecule has 2 rings (SSSR count). The van der Waals surface area contributed by atoms with E-state index in [4.69, 9.17) is 5.11 Å². The van der Waals surface area contributed by atoms with Crippen molar-refractivity contribution in [1.82, 2.24) is 4.57 Å². The maximum atomic E-state index is 10.8. The summed E-state index contributed by atoms with van der Waals surface area (Å²) in [5.41, 5.74) is 1.86. The smallest absolute Gasteiger partial charge is 0.310 e. The van der Waals surface area contributed by atoms with Crippen LogP contribution in [-0.2, 0) is 4.79 Å². The molecule has 1 N–H and O–H groups in total. The van der Waals surface area contributed by atoms with Crippen LogP contribution >= 0.6 is 0 Å². The summed E-state index contributed by atoms with van der Waals surface area (Å²) in [6, 6.07) is 11.5. The standard InChI is InChI=1S/C13H13NO2/c1-10(13(15)16)11-4-6-12(7-5-11)14-8-2-3-9-14/h2-10H,1H3,(H,15,16). The molecule has 0 saturated heterocycles. The molecule has 82 valence electrons. The summed E-state index contributed by atoms with van der Waals surface area (Å²) in [6.07, 6.45) is 3.91. The van der Waals surface area contributed by atoms with Crippen LogP contribution in [0.2, 0.25) is 0 Å². The number of nitrogens with zero attached hydrogens (tertiary/aromatic N) is 1. The van der Waals surface area contributed by atoms with Crippen LogP contribution in [0.5, 0.6) is 0 Å². The van der Waals surface area contributed by atoms with Crippen molar-refractivity contribution in [3.05, 3.63) is 54.4 Å². The van der Waals surface area contributed by atoms with Gasteiger partial charge in [0.05, 0.1) is 5.92 Å². The minimum atomic E-state index is -0.797. The average Bonchev–Trinajstić information content (AvgIpc) is 2.81. The van der Waals surface area contributed by atoms with Gasteiger partial charge in [0, 0.05) is 18.1 Å². The minimum Gasteiger partial charge on any atom is -0.481 e. The molecule has 1 aromatic heterocycles. The third-order valence-electron chi connectivity index (χ3n) is 2.67. The molecular weight excluding hydrogens is 202 g/mol. The van der Waals surface area contributed by atoms with E-state index in [0.717, 1.165) is 11.3 Å². The number of carbonyl (C=O) groups is 1. The van der Waals surface area contributed by atoms with Crippen molar-refractivity contribution in [2.75, 3.05) is 0 Å². The fourth-order valence-corrected chi connectivity index (χ4v) is 1.58. The van der Waals surface area contributed by atoms with Gasteiger partial charge in [-0.3, -0.25) is 4.79 Å². The third-order valence-corrected chi connectivity index (χ3v) is 2.67. The van der Waals surface area contributed by atoms with E-state index in [-0.39, 0.29) is 0 Å². The van der Waals surface area contributed by atoms with Crippen molar-refractivity contribution in [1.29, 1.82) is 0 Å². The highest BCUT2D eigenvalue weighted by Gasteiger charge is 2.12. The summed E-state index contributed by atoms with van der Waals surface area (Å²) in [6.45, 7) is 1.69. The summed E-state index contributed by atoms with van der Waals surface area (Å²) >= 11 is 0. The van der Waals surface area contributed by atoms with Crippen LogP contribution in [0.1, 0.15) is 18.4 Å². The van der Waals surface area contributed by atoms with Gasteiger partial charge < -0.3 is 9.67 Å². The molecule has 3 nitrogen and oxygen atoms in total.